The van der Waals surface area contributed by atoms with Gasteiger partial charge in [-0.25, -0.2) is 10.3 Å². The first-order chi connectivity index (χ1) is 17.0. The zero-order chi connectivity index (χ0) is 25.0. The summed E-state index contributed by atoms with van der Waals surface area (Å²) >= 11 is 0. The van der Waals surface area contributed by atoms with Crippen molar-refractivity contribution in [2.45, 2.75) is 25.9 Å². The summed E-state index contributed by atoms with van der Waals surface area (Å²) in [5.74, 6) is -0.0786. The van der Waals surface area contributed by atoms with Crippen molar-refractivity contribution >= 4 is 28.5 Å². The zero-order valence-electron chi connectivity index (χ0n) is 19.5. The van der Waals surface area contributed by atoms with Crippen molar-refractivity contribution in [1.82, 2.24) is 5.48 Å². The minimum absolute atomic E-state index is 0.0827. The summed E-state index contributed by atoms with van der Waals surface area (Å²) in [6.45, 7) is 2.07. The molecule has 184 valence electrons. The number of ether oxygens (including phenoxy) is 2. The number of carbonyl (C=O) groups excluding carboxylic acids is 2. The number of carbonyl (C=O) groups is 2. The molecule has 0 aliphatic heterocycles. The van der Waals surface area contributed by atoms with Crippen LogP contribution in [0, 0.1) is 5.92 Å². The van der Waals surface area contributed by atoms with Crippen LogP contribution in [0.5, 0.6) is 5.75 Å². The topological polar surface area (TPSA) is 117 Å². The van der Waals surface area contributed by atoms with Gasteiger partial charge in [0.05, 0.1) is 12.3 Å². The molecule has 3 aromatic rings. The van der Waals surface area contributed by atoms with Crippen molar-refractivity contribution in [3.05, 3.63) is 84.4 Å². The number of aliphatic hydroxyl groups excluding tert-OH is 1. The molecule has 0 radical (unpaired) electrons. The maximum Gasteiger partial charge on any atom is 0.412 e. The highest BCUT2D eigenvalue weighted by Gasteiger charge is 2.24. The second kappa shape index (κ2) is 13.1. The first kappa shape index (κ1) is 25.7. The van der Waals surface area contributed by atoms with Crippen LogP contribution in [0.4, 0.5) is 10.5 Å². The van der Waals surface area contributed by atoms with E-state index < -0.39 is 18.1 Å². The Kier molecular flexibility index (Phi) is 9.65. The average molecular weight is 479 g/mol. The van der Waals surface area contributed by atoms with Crippen LogP contribution < -0.4 is 15.5 Å². The summed E-state index contributed by atoms with van der Waals surface area (Å²) < 4.78 is 11.3. The highest BCUT2D eigenvalue weighted by molar-refractivity contribution is 6.00. The molecule has 0 bridgehead atoms. The van der Waals surface area contributed by atoms with Crippen LogP contribution in [-0.2, 0) is 9.53 Å². The van der Waals surface area contributed by atoms with Gasteiger partial charge in [-0.2, -0.15) is 0 Å². The summed E-state index contributed by atoms with van der Waals surface area (Å²) in [6.07, 6.45) is 2.96. The van der Waals surface area contributed by atoms with Crippen LogP contribution in [-0.4, -0.2) is 35.5 Å². The van der Waals surface area contributed by atoms with Gasteiger partial charge >= 0.3 is 6.09 Å². The zero-order valence-corrected chi connectivity index (χ0v) is 19.5. The molecule has 0 aliphatic carbocycles. The molecule has 35 heavy (non-hydrogen) atoms. The van der Waals surface area contributed by atoms with Gasteiger partial charge in [0.15, 0.2) is 0 Å². The molecule has 3 rings (SSSR count). The quantitative estimate of drug-likeness (QED) is 0.175. The Morgan fingerprint density at radius 3 is 2.51 bits per heavy atom. The number of benzene rings is 3. The third-order valence-corrected chi connectivity index (χ3v) is 5.51. The molecule has 8 nitrogen and oxygen atoms in total. The van der Waals surface area contributed by atoms with Gasteiger partial charge < -0.3 is 14.6 Å². The van der Waals surface area contributed by atoms with Crippen molar-refractivity contribution in [3.63, 3.8) is 0 Å². The van der Waals surface area contributed by atoms with Gasteiger partial charge in [-0.3, -0.25) is 15.3 Å². The summed E-state index contributed by atoms with van der Waals surface area (Å²) in [5.41, 5.74) is 3.00. The summed E-state index contributed by atoms with van der Waals surface area (Å²) in [4.78, 5) is 24.1. The number of hydroxylamine groups is 1. The number of allylic oxidation sites excluding steroid dienone is 1. The predicted molar refractivity (Wildman–Crippen MR) is 133 cm³/mol. The largest absolute Gasteiger partial charge is 0.491 e. The Labute approximate surface area is 204 Å². The molecule has 0 heterocycles. The number of amides is 2. The van der Waals surface area contributed by atoms with E-state index in [1.807, 2.05) is 61.5 Å². The van der Waals surface area contributed by atoms with E-state index in [2.05, 4.69) is 5.32 Å². The minimum Gasteiger partial charge on any atom is -0.491 e. The molecule has 0 spiro atoms. The normalized spacial score (nSPS) is 12.8. The molecule has 0 unspecified atom stereocenters. The molecule has 0 saturated heterocycles. The molecule has 4 N–H and O–H groups in total. The third-order valence-electron chi connectivity index (χ3n) is 5.51. The number of rotatable bonds is 11. The van der Waals surface area contributed by atoms with E-state index in [0.717, 1.165) is 16.3 Å². The van der Waals surface area contributed by atoms with E-state index in [1.165, 1.54) is 6.08 Å². The molecule has 2 atom stereocenters. The lowest BCUT2D eigenvalue weighted by Gasteiger charge is -2.25. The average Bonchev–Trinajstić information content (AvgIpc) is 2.89. The SMILES string of the molecule is C[C@@H](CC/C=C/C(=O)NO)[C@H](OC(=O)Nc1cccc2ccccc12)c1ccc(OCCO)cc1. The number of hydrogen-bond donors (Lipinski definition) is 4. The van der Waals surface area contributed by atoms with Crippen molar-refractivity contribution in [3.8, 4) is 5.75 Å². The Morgan fingerprint density at radius 1 is 1.03 bits per heavy atom. The monoisotopic (exact) mass is 478 g/mol. The van der Waals surface area contributed by atoms with Crippen LogP contribution in [0.1, 0.15) is 31.4 Å². The van der Waals surface area contributed by atoms with Crippen molar-refractivity contribution in [2.24, 2.45) is 5.92 Å². The lowest BCUT2D eigenvalue weighted by molar-refractivity contribution is -0.124. The van der Waals surface area contributed by atoms with Crippen LogP contribution >= 0.6 is 0 Å². The van der Waals surface area contributed by atoms with Crippen LogP contribution in [0.3, 0.4) is 0 Å². The molecule has 0 aliphatic rings. The lowest BCUT2D eigenvalue weighted by Crippen LogP contribution is -2.22. The Balaban J connectivity index is 1.75. The van der Waals surface area contributed by atoms with E-state index in [-0.39, 0.29) is 19.1 Å². The number of aliphatic hydroxyl groups is 1. The highest BCUT2D eigenvalue weighted by atomic mass is 16.6. The number of anilines is 1. The van der Waals surface area contributed by atoms with Crippen LogP contribution in [0.2, 0.25) is 0 Å². The summed E-state index contributed by atoms with van der Waals surface area (Å²) in [7, 11) is 0. The maximum absolute atomic E-state index is 12.9. The van der Waals surface area contributed by atoms with Gasteiger partial charge in [-0.1, -0.05) is 61.5 Å². The Hall–Kier alpha value is -3.88. The Morgan fingerprint density at radius 2 is 1.77 bits per heavy atom. The molecule has 0 aromatic heterocycles. The molecule has 3 aromatic carbocycles. The summed E-state index contributed by atoms with van der Waals surface area (Å²) in [6, 6.07) is 20.6. The van der Waals surface area contributed by atoms with E-state index in [1.54, 1.807) is 23.7 Å². The minimum atomic E-state index is -0.599. The van der Waals surface area contributed by atoms with Gasteiger partial charge in [0.25, 0.3) is 5.91 Å². The summed E-state index contributed by atoms with van der Waals surface area (Å²) in [5, 5.41) is 22.3. The predicted octanol–water partition coefficient (Wildman–Crippen LogP) is 4.98. The van der Waals surface area contributed by atoms with Crippen LogP contribution in [0.25, 0.3) is 10.8 Å². The second-order valence-electron chi connectivity index (χ2n) is 8.05. The van der Waals surface area contributed by atoms with Gasteiger partial charge in [0.1, 0.15) is 18.5 Å². The van der Waals surface area contributed by atoms with E-state index in [0.29, 0.717) is 24.3 Å². The standard InChI is InChI=1S/C27H30N2O6/c1-19(7-2-5-12-25(31)29-33)26(21-13-15-22(16-14-21)34-18-17-30)35-27(32)28-24-11-6-9-20-8-3-4-10-23(20)24/h3-6,8-16,19,26,30,33H,2,7,17-18H2,1H3,(H,28,32)(H,29,31)/b12-5+/t19-,26-/m0/s1. The van der Waals surface area contributed by atoms with Gasteiger partial charge in [-0.05, 0) is 47.9 Å². The van der Waals surface area contributed by atoms with Crippen molar-refractivity contribution in [1.29, 1.82) is 0 Å². The molecular formula is C27H30N2O6. The second-order valence-corrected chi connectivity index (χ2v) is 8.05. The number of fused-ring (bicyclic) bond motifs is 1. The van der Waals surface area contributed by atoms with Gasteiger partial charge in [0.2, 0.25) is 0 Å². The third kappa shape index (κ3) is 7.56. The van der Waals surface area contributed by atoms with E-state index in [9.17, 15) is 9.59 Å². The fraction of sp³-hybridized carbons (Fsp3) is 0.259. The molecular weight excluding hydrogens is 448 g/mol. The van der Waals surface area contributed by atoms with Gasteiger partial charge in [0, 0.05) is 11.5 Å². The Bertz CT molecular complexity index is 1140. The fourth-order valence-electron chi connectivity index (χ4n) is 3.76. The van der Waals surface area contributed by atoms with Gasteiger partial charge in [-0.15, -0.1) is 0 Å². The molecule has 0 fully saturated rings. The smallest absolute Gasteiger partial charge is 0.412 e. The maximum atomic E-state index is 12.9. The number of nitrogens with one attached hydrogen (secondary N) is 2. The first-order valence-corrected chi connectivity index (χ1v) is 11.4. The highest BCUT2D eigenvalue weighted by Crippen LogP contribution is 2.32. The van der Waals surface area contributed by atoms with E-state index in [4.69, 9.17) is 19.8 Å². The first-order valence-electron chi connectivity index (χ1n) is 11.4. The molecule has 8 heteroatoms. The molecule has 0 saturated carbocycles. The van der Waals surface area contributed by atoms with Crippen LogP contribution in [0.15, 0.2) is 78.9 Å². The van der Waals surface area contributed by atoms with Crippen molar-refractivity contribution < 1.29 is 29.4 Å². The fourth-order valence-corrected chi connectivity index (χ4v) is 3.76. The lowest BCUT2D eigenvalue weighted by atomic mass is 9.93. The molecule has 2 amide bonds. The van der Waals surface area contributed by atoms with E-state index >= 15 is 0 Å². The number of hydrogen-bond acceptors (Lipinski definition) is 6. The van der Waals surface area contributed by atoms with Crippen molar-refractivity contribution in [2.75, 3.05) is 18.5 Å².